The maximum atomic E-state index is 12.2. The molecule has 0 fully saturated rings. The van der Waals surface area contributed by atoms with Gasteiger partial charge in [-0.3, -0.25) is 0 Å². The Labute approximate surface area is 82.5 Å². The molecule has 1 rings (SSSR count). The number of benzene rings is 1. The molecule has 0 aliphatic carbocycles. The fourth-order valence-electron chi connectivity index (χ4n) is 1.08. The number of alkyl halides is 5. The molecule has 0 saturated carbocycles. The molecule has 1 nitrogen and oxygen atoms in total. The summed E-state index contributed by atoms with van der Waals surface area (Å²) in [7, 11) is 0. The Morgan fingerprint density at radius 3 is 2.20 bits per heavy atom. The number of hydrogen-bond donors (Lipinski definition) is 0. The van der Waals surface area contributed by atoms with Crippen molar-refractivity contribution in [1.82, 2.24) is 0 Å². The number of ether oxygens (including phenoxy) is 1. The summed E-state index contributed by atoms with van der Waals surface area (Å²) in [6.07, 6.45) is -4.56. The first-order valence-electron chi connectivity index (χ1n) is 3.93. The molecular weight excluding hydrogens is 219 g/mol. The molecule has 15 heavy (non-hydrogen) atoms. The van der Waals surface area contributed by atoms with Gasteiger partial charge >= 0.3 is 12.8 Å². The van der Waals surface area contributed by atoms with E-state index in [-0.39, 0.29) is 5.56 Å². The molecule has 0 aliphatic heterocycles. The van der Waals surface area contributed by atoms with Crippen LogP contribution in [0.15, 0.2) is 18.2 Å². The van der Waals surface area contributed by atoms with E-state index in [1.807, 2.05) is 0 Å². The Kier molecular flexibility index (Phi) is 3.16. The van der Waals surface area contributed by atoms with E-state index >= 15 is 0 Å². The van der Waals surface area contributed by atoms with Gasteiger partial charge < -0.3 is 4.74 Å². The van der Waals surface area contributed by atoms with E-state index in [4.69, 9.17) is 0 Å². The summed E-state index contributed by atoms with van der Waals surface area (Å²) in [5.74, 6) is -0.489. The number of aryl methyl sites for hydroxylation is 1. The molecule has 0 N–H and O–H groups in total. The molecule has 1 aromatic carbocycles. The molecule has 0 atom stereocenters. The molecule has 0 saturated heterocycles. The van der Waals surface area contributed by atoms with E-state index in [0.29, 0.717) is 6.07 Å². The van der Waals surface area contributed by atoms with Gasteiger partial charge in [0.15, 0.2) is 0 Å². The predicted molar refractivity (Wildman–Crippen MR) is 42.8 cm³/mol. The third-order valence-electron chi connectivity index (χ3n) is 1.60. The largest absolute Gasteiger partial charge is 0.435 e. The van der Waals surface area contributed by atoms with E-state index in [0.717, 1.165) is 12.1 Å². The van der Waals surface area contributed by atoms with Gasteiger partial charge in [-0.05, 0) is 30.7 Å². The standard InChI is InChI=1S/C9H7F5O/c1-5-2-6(9(12,13)14)4-7(3-5)15-8(10)11/h2-4,8H,1H3. The second kappa shape index (κ2) is 4.04. The van der Waals surface area contributed by atoms with Crippen molar-refractivity contribution in [2.24, 2.45) is 0 Å². The Bertz CT molecular complexity index is 345. The monoisotopic (exact) mass is 226 g/mol. The Morgan fingerprint density at radius 2 is 1.73 bits per heavy atom. The van der Waals surface area contributed by atoms with Gasteiger partial charge in [-0.1, -0.05) is 0 Å². The predicted octanol–water partition coefficient (Wildman–Crippen LogP) is 3.62. The van der Waals surface area contributed by atoms with Crippen molar-refractivity contribution >= 4 is 0 Å². The van der Waals surface area contributed by atoms with Crippen LogP contribution in [0.2, 0.25) is 0 Å². The van der Waals surface area contributed by atoms with Gasteiger partial charge in [0.05, 0.1) is 5.56 Å². The first kappa shape index (κ1) is 11.7. The van der Waals surface area contributed by atoms with Crippen molar-refractivity contribution < 1.29 is 26.7 Å². The zero-order valence-corrected chi connectivity index (χ0v) is 7.61. The summed E-state index contributed by atoms with van der Waals surface area (Å²) in [5, 5.41) is 0. The lowest BCUT2D eigenvalue weighted by Gasteiger charge is -2.10. The average molecular weight is 226 g/mol. The maximum Gasteiger partial charge on any atom is 0.416 e. The molecule has 0 amide bonds. The SMILES string of the molecule is Cc1cc(OC(F)F)cc(C(F)(F)F)c1. The maximum absolute atomic E-state index is 12.2. The van der Waals surface area contributed by atoms with Gasteiger partial charge in [0.25, 0.3) is 0 Å². The third-order valence-corrected chi connectivity index (χ3v) is 1.60. The van der Waals surface area contributed by atoms with Crippen LogP contribution in [-0.4, -0.2) is 6.61 Å². The van der Waals surface area contributed by atoms with Crippen molar-refractivity contribution in [2.45, 2.75) is 19.7 Å². The van der Waals surface area contributed by atoms with Crippen LogP contribution in [0, 0.1) is 6.92 Å². The van der Waals surface area contributed by atoms with E-state index in [2.05, 4.69) is 4.74 Å². The van der Waals surface area contributed by atoms with Gasteiger partial charge in [-0.25, -0.2) is 0 Å². The van der Waals surface area contributed by atoms with Crippen LogP contribution >= 0.6 is 0 Å². The smallest absolute Gasteiger partial charge is 0.416 e. The van der Waals surface area contributed by atoms with E-state index in [9.17, 15) is 22.0 Å². The van der Waals surface area contributed by atoms with Crippen LogP contribution in [0.3, 0.4) is 0 Å². The topological polar surface area (TPSA) is 9.23 Å². The van der Waals surface area contributed by atoms with Crippen molar-refractivity contribution in [3.05, 3.63) is 29.3 Å². The quantitative estimate of drug-likeness (QED) is 0.700. The first-order chi connectivity index (χ1) is 6.79. The molecule has 0 radical (unpaired) electrons. The molecule has 0 heterocycles. The van der Waals surface area contributed by atoms with Crippen LogP contribution in [-0.2, 0) is 6.18 Å². The molecule has 0 bridgehead atoms. The highest BCUT2D eigenvalue weighted by Gasteiger charge is 2.31. The van der Waals surface area contributed by atoms with Gasteiger partial charge in [-0.15, -0.1) is 0 Å². The summed E-state index contributed by atoms with van der Waals surface area (Å²) in [4.78, 5) is 0. The molecule has 84 valence electrons. The van der Waals surface area contributed by atoms with Crippen LogP contribution in [0.1, 0.15) is 11.1 Å². The summed E-state index contributed by atoms with van der Waals surface area (Å²) in [6, 6.07) is 2.51. The van der Waals surface area contributed by atoms with Crippen molar-refractivity contribution in [2.75, 3.05) is 0 Å². The number of halogens is 5. The summed E-state index contributed by atoms with van der Waals surface area (Å²) < 4.78 is 64.2. The fourth-order valence-corrected chi connectivity index (χ4v) is 1.08. The van der Waals surface area contributed by atoms with Crippen molar-refractivity contribution in [3.8, 4) is 5.75 Å². The Balaban J connectivity index is 3.06. The Morgan fingerprint density at radius 1 is 1.13 bits per heavy atom. The highest BCUT2D eigenvalue weighted by molar-refractivity contribution is 5.35. The lowest BCUT2D eigenvalue weighted by atomic mass is 10.1. The minimum atomic E-state index is -4.56. The Hall–Kier alpha value is -1.33. The lowest BCUT2D eigenvalue weighted by Crippen LogP contribution is -2.07. The van der Waals surface area contributed by atoms with Crippen LogP contribution in [0.25, 0.3) is 0 Å². The highest BCUT2D eigenvalue weighted by atomic mass is 19.4. The highest BCUT2D eigenvalue weighted by Crippen LogP contribution is 2.32. The molecule has 0 unspecified atom stereocenters. The van der Waals surface area contributed by atoms with E-state index in [1.165, 1.54) is 6.92 Å². The number of hydrogen-bond acceptors (Lipinski definition) is 1. The van der Waals surface area contributed by atoms with Crippen molar-refractivity contribution in [3.63, 3.8) is 0 Å². The van der Waals surface area contributed by atoms with E-state index in [1.54, 1.807) is 0 Å². The van der Waals surface area contributed by atoms with Crippen LogP contribution < -0.4 is 4.74 Å². The molecule has 1 aromatic rings. The number of rotatable bonds is 2. The molecule has 0 spiro atoms. The van der Waals surface area contributed by atoms with Gasteiger partial charge in [0.1, 0.15) is 5.75 Å². The van der Waals surface area contributed by atoms with Gasteiger partial charge in [0, 0.05) is 0 Å². The van der Waals surface area contributed by atoms with Crippen LogP contribution in [0.5, 0.6) is 5.75 Å². The summed E-state index contributed by atoms with van der Waals surface area (Å²) >= 11 is 0. The molecule has 0 aliphatic rings. The van der Waals surface area contributed by atoms with Gasteiger partial charge in [0.2, 0.25) is 0 Å². The second-order valence-electron chi connectivity index (χ2n) is 2.91. The molecule has 0 aromatic heterocycles. The third kappa shape index (κ3) is 3.38. The van der Waals surface area contributed by atoms with E-state index < -0.39 is 24.1 Å². The zero-order chi connectivity index (χ0) is 11.6. The first-order valence-corrected chi connectivity index (χ1v) is 3.93. The summed E-state index contributed by atoms with van der Waals surface area (Å²) in [6.45, 7) is -1.76. The second-order valence-corrected chi connectivity index (χ2v) is 2.91. The van der Waals surface area contributed by atoms with Crippen molar-refractivity contribution in [1.29, 1.82) is 0 Å². The zero-order valence-electron chi connectivity index (χ0n) is 7.61. The minimum absolute atomic E-state index is 0.209. The fraction of sp³-hybridized carbons (Fsp3) is 0.333. The van der Waals surface area contributed by atoms with Crippen LogP contribution in [0.4, 0.5) is 22.0 Å². The average Bonchev–Trinajstić information content (AvgIpc) is 1.99. The molecular formula is C9H7F5O. The lowest BCUT2D eigenvalue weighted by molar-refractivity contribution is -0.138. The minimum Gasteiger partial charge on any atom is -0.435 e. The van der Waals surface area contributed by atoms with Gasteiger partial charge in [-0.2, -0.15) is 22.0 Å². The molecule has 6 heteroatoms. The summed E-state index contributed by atoms with van der Waals surface area (Å²) in [5.41, 5.74) is -0.793. The normalized spacial score (nSPS) is 11.9.